The summed E-state index contributed by atoms with van der Waals surface area (Å²) in [5, 5.41) is 2.67. The maximum Gasteiger partial charge on any atom is 0.416 e. The largest absolute Gasteiger partial charge is 0.416 e. The number of fused-ring (bicyclic) bond motifs is 5. The normalized spacial score (nSPS) is 36.7. The summed E-state index contributed by atoms with van der Waals surface area (Å²) in [5.41, 5.74) is -3.60. The molecule has 3 aliphatic carbocycles. The van der Waals surface area contributed by atoms with E-state index in [1.165, 1.54) is 0 Å². The second kappa shape index (κ2) is 9.40. The van der Waals surface area contributed by atoms with Crippen molar-refractivity contribution in [3.8, 4) is 0 Å². The number of hydrogen-bond acceptors (Lipinski definition) is 2. The summed E-state index contributed by atoms with van der Waals surface area (Å²) in [6.45, 7) is 4.81. The van der Waals surface area contributed by atoms with E-state index in [1.54, 1.807) is 0 Å². The van der Waals surface area contributed by atoms with Crippen LogP contribution in [0.1, 0.15) is 86.7 Å². The fourth-order valence-corrected chi connectivity index (χ4v) is 9.00. The van der Waals surface area contributed by atoms with Crippen LogP contribution in [0.3, 0.4) is 0 Å². The van der Waals surface area contributed by atoms with Crippen molar-refractivity contribution in [2.24, 2.45) is 34.5 Å². The number of rotatable bonds is 3. The summed E-state index contributed by atoms with van der Waals surface area (Å²) in [4.78, 5) is 27.2. The van der Waals surface area contributed by atoms with Gasteiger partial charge in [0.2, 0.25) is 5.91 Å². The predicted octanol–water partition coefficient (Wildman–Crippen LogP) is 6.93. The van der Waals surface area contributed by atoms with Crippen LogP contribution in [0.5, 0.6) is 0 Å². The average Bonchev–Trinajstić information content (AvgIpc) is 3.20. The molecule has 0 spiro atoms. The molecule has 0 aromatic heterocycles. The number of hydrogen-bond donors (Lipinski definition) is 1. The first-order chi connectivity index (χ1) is 18.1. The zero-order valence-electron chi connectivity index (χ0n) is 22.5. The van der Waals surface area contributed by atoms with Crippen LogP contribution < -0.4 is 5.32 Å². The summed E-state index contributed by atoms with van der Waals surface area (Å²) < 4.78 is 79.5. The lowest BCUT2D eigenvalue weighted by atomic mass is 9.47. The van der Waals surface area contributed by atoms with Gasteiger partial charge in [-0.2, -0.15) is 26.3 Å². The van der Waals surface area contributed by atoms with Crippen molar-refractivity contribution in [3.05, 3.63) is 34.9 Å². The van der Waals surface area contributed by atoms with E-state index in [9.17, 15) is 35.9 Å². The standard InChI is InChI=1S/C29H36F6N2O2/c1-26-10-8-22-20(5-7-23-27(22,2)11-9-24(38)37(23)3)21(26)6-4-17(26)15-36-25(39)16-12-18(28(30,31)32)14-19(13-16)29(33,34)35/h12-14,17,20-23H,4-11,15H2,1-3H3,(H,36,39)/t17-,20+,21+,22+,23-,26-,27-/m1/s1. The Morgan fingerprint density at radius 1 is 0.897 bits per heavy atom. The summed E-state index contributed by atoms with van der Waals surface area (Å²) >= 11 is 0. The van der Waals surface area contributed by atoms with Gasteiger partial charge in [0, 0.05) is 31.6 Å². The van der Waals surface area contributed by atoms with Crippen LogP contribution in [0.4, 0.5) is 26.3 Å². The van der Waals surface area contributed by atoms with Gasteiger partial charge in [0.25, 0.3) is 5.91 Å². The first-order valence-electron chi connectivity index (χ1n) is 13.9. The Hall–Kier alpha value is -2.26. The third-order valence-corrected chi connectivity index (χ3v) is 11.1. The van der Waals surface area contributed by atoms with E-state index in [-0.39, 0.29) is 41.3 Å². The van der Waals surface area contributed by atoms with Crippen molar-refractivity contribution >= 4 is 11.8 Å². The van der Waals surface area contributed by atoms with Crippen molar-refractivity contribution in [2.75, 3.05) is 13.6 Å². The molecule has 10 heteroatoms. The Labute approximate surface area is 224 Å². The Morgan fingerprint density at radius 3 is 2.13 bits per heavy atom. The van der Waals surface area contributed by atoms with E-state index < -0.39 is 35.0 Å². The summed E-state index contributed by atoms with van der Waals surface area (Å²) in [5.74, 6) is 0.881. The number of halogens is 6. The van der Waals surface area contributed by atoms with E-state index in [0.717, 1.165) is 44.9 Å². The van der Waals surface area contributed by atoms with Gasteiger partial charge in [0.1, 0.15) is 0 Å². The molecule has 39 heavy (non-hydrogen) atoms. The van der Waals surface area contributed by atoms with Crippen LogP contribution in [0.2, 0.25) is 0 Å². The monoisotopic (exact) mass is 558 g/mol. The highest BCUT2D eigenvalue weighted by Crippen LogP contribution is 2.66. The van der Waals surface area contributed by atoms with Crippen molar-refractivity contribution in [3.63, 3.8) is 0 Å². The Kier molecular flexibility index (Phi) is 6.81. The van der Waals surface area contributed by atoms with Gasteiger partial charge in [0.15, 0.2) is 0 Å². The highest BCUT2D eigenvalue weighted by molar-refractivity contribution is 5.94. The number of nitrogens with zero attached hydrogens (tertiary/aromatic N) is 1. The van der Waals surface area contributed by atoms with Crippen LogP contribution in [-0.2, 0) is 17.1 Å². The van der Waals surface area contributed by atoms with E-state index >= 15 is 0 Å². The van der Waals surface area contributed by atoms with E-state index in [2.05, 4.69) is 19.2 Å². The molecule has 216 valence electrons. The number of benzene rings is 1. The Morgan fingerprint density at radius 2 is 1.51 bits per heavy atom. The third-order valence-electron chi connectivity index (χ3n) is 11.1. The molecule has 1 heterocycles. The molecule has 4 fully saturated rings. The maximum absolute atomic E-state index is 13.3. The van der Waals surface area contributed by atoms with Gasteiger partial charge in [-0.05, 0) is 97.6 Å². The van der Waals surface area contributed by atoms with E-state index in [1.807, 2.05) is 11.9 Å². The molecular formula is C29H36F6N2O2. The predicted molar refractivity (Wildman–Crippen MR) is 132 cm³/mol. The smallest absolute Gasteiger partial charge is 0.352 e. The number of alkyl halides is 6. The summed E-state index contributed by atoms with van der Waals surface area (Å²) in [6.07, 6.45) is -2.65. The van der Waals surface area contributed by atoms with Crippen LogP contribution in [0.25, 0.3) is 0 Å². The molecule has 4 nitrogen and oxygen atoms in total. The minimum Gasteiger partial charge on any atom is -0.352 e. The third kappa shape index (κ3) is 4.73. The van der Waals surface area contributed by atoms with Gasteiger partial charge in [-0.15, -0.1) is 0 Å². The van der Waals surface area contributed by atoms with Gasteiger partial charge in [0.05, 0.1) is 11.1 Å². The molecule has 1 N–H and O–H groups in total. The SMILES string of the molecule is CN1C(=O)CC[C@]2(C)[C@H]3CC[C@]4(C)[C@@H](CNC(=O)c5cc(C(F)(F)F)cc(C(F)(F)F)c5)CC[C@H]4[C@@H]3CC[C@@H]12. The average molecular weight is 559 g/mol. The zero-order valence-corrected chi connectivity index (χ0v) is 22.5. The number of likely N-dealkylation sites (tertiary alicyclic amines) is 1. The summed E-state index contributed by atoms with van der Waals surface area (Å²) in [6, 6.07) is 1.27. The minimum absolute atomic E-state index is 0.0348. The zero-order chi connectivity index (χ0) is 28.5. The molecule has 0 radical (unpaired) electrons. The topological polar surface area (TPSA) is 49.4 Å². The molecule has 1 aromatic rings. The molecule has 1 saturated heterocycles. The number of nitrogens with one attached hydrogen (secondary N) is 1. The molecule has 2 amide bonds. The fourth-order valence-electron chi connectivity index (χ4n) is 9.00. The first kappa shape index (κ1) is 28.3. The van der Waals surface area contributed by atoms with Gasteiger partial charge in [-0.3, -0.25) is 9.59 Å². The van der Waals surface area contributed by atoms with Gasteiger partial charge < -0.3 is 10.2 Å². The lowest BCUT2D eigenvalue weighted by Crippen LogP contribution is -2.61. The van der Waals surface area contributed by atoms with Crippen molar-refractivity contribution in [1.82, 2.24) is 10.2 Å². The van der Waals surface area contributed by atoms with Crippen LogP contribution in [-0.4, -0.2) is 36.3 Å². The molecule has 1 aliphatic heterocycles. The molecule has 5 rings (SSSR count). The van der Waals surface area contributed by atoms with Crippen LogP contribution >= 0.6 is 0 Å². The van der Waals surface area contributed by atoms with Crippen LogP contribution in [0.15, 0.2) is 18.2 Å². The second-order valence-electron chi connectivity index (χ2n) is 12.8. The number of piperidine rings is 1. The molecular weight excluding hydrogens is 522 g/mol. The fraction of sp³-hybridized carbons (Fsp3) is 0.724. The maximum atomic E-state index is 13.3. The first-order valence-corrected chi connectivity index (χ1v) is 13.9. The van der Waals surface area contributed by atoms with E-state index in [0.29, 0.717) is 36.3 Å². The second-order valence-corrected chi connectivity index (χ2v) is 12.8. The van der Waals surface area contributed by atoms with Gasteiger partial charge in [-0.1, -0.05) is 13.8 Å². The molecule has 3 saturated carbocycles. The lowest BCUT2D eigenvalue weighted by Gasteiger charge is -2.61. The van der Waals surface area contributed by atoms with Gasteiger partial charge in [-0.25, -0.2) is 0 Å². The molecule has 4 aliphatic rings. The molecule has 0 bridgehead atoms. The minimum atomic E-state index is -5.00. The molecule has 0 unspecified atom stereocenters. The molecule has 7 atom stereocenters. The van der Waals surface area contributed by atoms with Crippen molar-refractivity contribution in [2.45, 2.75) is 83.6 Å². The Balaban J connectivity index is 1.30. The lowest BCUT2D eigenvalue weighted by molar-refractivity contribution is -0.158. The highest BCUT2D eigenvalue weighted by Gasteiger charge is 2.61. The number of carbonyl (C=O) groups excluding carboxylic acids is 2. The number of carbonyl (C=O) groups is 2. The van der Waals surface area contributed by atoms with E-state index in [4.69, 9.17) is 0 Å². The van der Waals surface area contributed by atoms with Gasteiger partial charge >= 0.3 is 12.4 Å². The van der Waals surface area contributed by atoms with Crippen molar-refractivity contribution in [1.29, 1.82) is 0 Å². The van der Waals surface area contributed by atoms with Crippen LogP contribution in [0, 0.1) is 34.5 Å². The Bertz CT molecular complexity index is 1120. The highest BCUT2D eigenvalue weighted by atomic mass is 19.4. The summed E-state index contributed by atoms with van der Waals surface area (Å²) in [7, 11) is 1.92. The number of amides is 2. The van der Waals surface area contributed by atoms with Crippen molar-refractivity contribution < 1.29 is 35.9 Å². The molecule has 1 aromatic carbocycles. The quantitative estimate of drug-likeness (QED) is 0.409.